The molecule has 2 atom stereocenters. The molecule has 3 aromatic rings. The molecule has 2 heterocycles. The normalized spacial score (nSPS) is 18.1. The molecule has 1 aliphatic heterocycles. The zero-order valence-electron chi connectivity index (χ0n) is 17.4. The summed E-state index contributed by atoms with van der Waals surface area (Å²) in [6, 6.07) is 18.2. The molecule has 1 N–H and O–H groups in total. The highest BCUT2D eigenvalue weighted by atomic mass is 35.5. The van der Waals surface area contributed by atoms with Gasteiger partial charge in [0.05, 0.1) is 13.2 Å². The minimum Gasteiger partial charge on any atom is -0.497 e. The van der Waals surface area contributed by atoms with Crippen molar-refractivity contribution in [3.05, 3.63) is 110 Å². The fourth-order valence-electron chi connectivity index (χ4n) is 4.07. The molecule has 0 saturated carbocycles. The number of nitrogens with one attached hydrogen (secondary N) is 1. The van der Waals surface area contributed by atoms with Gasteiger partial charge in [0.2, 0.25) is 0 Å². The van der Waals surface area contributed by atoms with Crippen LogP contribution in [0, 0.1) is 6.92 Å². The van der Waals surface area contributed by atoms with Crippen LogP contribution < -0.4 is 15.6 Å². The molecule has 0 saturated heterocycles. The predicted octanol–water partition coefficient (Wildman–Crippen LogP) is 4.91. The number of pyridine rings is 1. The summed E-state index contributed by atoms with van der Waals surface area (Å²) < 4.78 is 6.92. The quantitative estimate of drug-likeness (QED) is 0.637. The lowest BCUT2D eigenvalue weighted by atomic mass is 9.89. The van der Waals surface area contributed by atoms with Crippen molar-refractivity contribution in [1.82, 2.24) is 9.88 Å². The smallest absolute Gasteiger partial charge is 0.253 e. The molecule has 0 fully saturated rings. The molecule has 0 amide bonds. The van der Waals surface area contributed by atoms with Crippen LogP contribution in [0.1, 0.15) is 34.2 Å². The lowest BCUT2D eigenvalue weighted by Crippen LogP contribution is -2.25. The molecule has 4 rings (SSSR count). The number of benzene rings is 2. The van der Waals surface area contributed by atoms with Crippen LogP contribution in [0.5, 0.6) is 5.75 Å². The van der Waals surface area contributed by atoms with Crippen molar-refractivity contribution >= 4 is 11.6 Å². The van der Waals surface area contributed by atoms with Crippen LogP contribution in [0.15, 0.2) is 77.4 Å². The number of rotatable bonds is 5. The van der Waals surface area contributed by atoms with Gasteiger partial charge in [0.25, 0.3) is 5.56 Å². The van der Waals surface area contributed by atoms with Gasteiger partial charge in [0.15, 0.2) is 0 Å². The molecule has 0 aliphatic carbocycles. The van der Waals surface area contributed by atoms with E-state index in [4.69, 9.17) is 16.3 Å². The number of aromatic nitrogens is 1. The lowest BCUT2D eigenvalue weighted by Gasteiger charge is -2.22. The van der Waals surface area contributed by atoms with Gasteiger partial charge >= 0.3 is 0 Å². The first-order chi connectivity index (χ1) is 14.4. The third-order valence-electron chi connectivity index (χ3n) is 5.63. The molecule has 5 heteroatoms. The van der Waals surface area contributed by atoms with E-state index in [1.165, 1.54) is 11.1 Å². The lowest BCUT2D eigenvalue weighted by molar-refractivity contribution is 0.414. The number of hydrogen-bond acceptors (Lipinski definition) is 3. The first-order valence-electron chi connectivity index (χ1n) is 9.97. The van der Waals surface area contributed by atoms with E-state index in [-0.39, 0.29) is 17.5 Å². The van der Waals surface area contributed by atoms with Gasteiger partial charge in [-0.25, -0.2) is 0 Å². The van der Waals surface area contributed by atoms with Crippen LogP contribution >= 0.6 is 11.6 Å². The fourth-order valence-corrected chi connectivity index (χ4v) is 4.19. The second-order valence-corrected chi connectivity index (χ2v) is 8.23. The monoisotopic (exact) mass is 420 g/mol. The molecule has 1 aliphatic rings. The van der Waals surface area contributed by atoms with Crippen LogP contribution in [0.2, 0.25) is 5.02 Å². The van der Waals surface area contributed by atoms with Crippen molar-refractivity contribution in [1.29, 1.82) is 0 Å². The Morgan fingerprint density at radius 3 is 2.40 bits per heavy atom. The van der Waals surface area contributed by atoms with Crippen LogP contribution in [-0.2, 0) is 13.5 Å². The Morgan fingerprint density at radius 2 is 1.77 bits per heavy atom. The minimum absolute atomic E-state index is 0.0335. The molecule has 2 aromatic carbocycles. The largest absolute Gasteiger partial charge is 0.497 e. The van der Waals surface area contributed by atoms with E-state index in [1.54, 1.807) is 18.7 Å². The number of methoxy groups -OCH3 is 1. The van der Waals surface area contributed by atoms with Crippen molar-refractivity contribution in [2.24, 2.45) is 7.05 Å². The van der Waals surface area contributed by atoms with Gasteiger partial charge in [-0.2, -0.15) is 0 Å². The van der Waals surface area contributed by atoms with Gasteiger partial charge in [0, 0.05) is 41.9 Å². The van der Waals surface area contributed by atoms with Gasteiger partial charge in [-0.1, -0.05) is 41.9 Å². The zero-order valence-corrected chi connectivity index (χ0v) is 18.1. The highest BCUT2D eigenvalue weighted by Crippen LogP contribution is 2.39. The fraction of sp³-hybridized carbons (Fsp3) is 0.240. The number of allylic oxidation sites excluding steroid dienone is 1. The Bertz CT molecular complexity index is 1110. The molecule has 0 spiro atoms. The highest BCUT2D eigenvalue weighted by Gasteiger charge is 2.30. The van der Waals surface area contributed by atoms with Gasteiger partial charge in [-0.3, -0.25) is 4.79 Å². The molecule has 1 aromatic heterocycles. The van der Waals surface area contributed by atoms with Crippen molar-refractivity contribution in [3.63, 3.8) is 0 Å². The Balaban J connectivity index is 1.68. The third kappa shape index (κ3) is 4.14. The molecular weight excluding hydrogens is 396 g/mol. The standard InChI is InChI=1S/C25H25ClN2O2/c1-16-12-19(15-28(2)25(16)29)24-23(18-6-8-20(26)9-7-18)14-21(27-24)13-17-4-10-22(30-3)11-5-17/h4-12,14-15,23-24,27H,13H2,1-3H3. The van der Waals surface area contributed by atoms with Crippen molar-refractivity contribution < 1.29 is 4.74 Å². The summed E-state index contributed by atoms with van der Waals surface area (Å²) in [6.07, 6.45) is 5.02. The number of ether oxygens (including phenoxy) is 1. The summed E-state index contributed by atoms with van der Waals surface area (Å²) in [7, 11) is 3.48. The summed E-state index contributed by atoms with van der Waals surface area (Å²) in [5.41, 5.74) is 5.43. The number of halogens is 1. The summed E-state index contributed by atoms with van der Waals surface area (Å²) in [4.78, 5) is 12.2. The second kappa shape index (κ2) is 8.41. The van der Waals surface area contributed by atoms with Crippen molar-refractivity contribution in [2.45, 2.75) is 25.3 Å². The molecule has 154 valence electrons. The minimum atomic E-state index is 0.0335. The summed E-state index contributed by atoms with van der Waals surface area (Å²) in [5.74, 6) is 0.997. The van der Waals surface area contributed by atoms with E-state index in [2.05, 4.69) is 35.7 Å². The van der Waals surface area contributed by atoms with Crippen molar-refractivity contribution in [3.8, 4) is 5.75 Å². The van der Waals surface area contributed by atoms with E-state index >= 15 is 0 Å². The van der Waals surface area contributed by atoms with E-state index in [9.17, 15) is 4.79 Å². The summed E-state index contributed by atoms with van der Waals surface area (Å²) >= 11 is 6.11. The maximum Gasteiger partial charge on any atom is 0.253 e. The summed E-state index contributed by atoms with van der Waals surface area (Å²) in [6.45, 7) is 1.86. The third-order valence-corrected chi connectivity index (χ3v) is 5.88. The first-order valence-corrected chi connectivity index (χ1v) is 10.3. The maximum atomic E-state index is 12.2. The van der Waals surface area contributed by atoms with Crippen molar-refractivity contribution in [2.75, 3.05) is 7.11 Å². The average molecular weight is 421 g/mol. The predicted molar refractivity (Wildman–Crippen MR) is 121 cm³/mol. The van der Waals surface area contributed by atoms with Gasteiger partial charge in [-0.05, 0) is 53.9 Å². The van der Waals surface area contributed by atoms with Crippen LogP contribution in [0.3, 0.4) is 0 Å². The Kier molecular flexibility index (Phi) is 5.69. The van der Waals surface area contributed by atoms with Gasteiger partial charge < -0.3 is 14.6 Å². The number of aryl methyl sites for hydroxylation is 2. The molecule has 0 bridgehead atoms. The molecule has 0 radical (unpaired) electrons. The van der Waals surface area contributed by atoms with E-state index in [1.807, 2.05) is 43.5 Å². The Hall–Kier alpha value is -2.98. The first kappa shape index (κ1) is 20.3. The zero-order chi connectivity index (χ0) is 21.3. The van der Waals surface area contributed by atoms with Crippen LogP contribution in [0.25, 0.3) is 0 Å². The molecule has 2 unspecified atom stereocenters. The van der Waals surface area contributed by atoms with Gasteiger partial charge in [0.1, 0.15) is 5.75 Å². The number of hydrogen-bond donors (Lipinski definition) is 1. The Morgan fingerprint density at radius 1 is 1.07 bits per heavy atom. The number of nitrogens with zero attached hydrogens (tertiary/aromatic N) is 1. The van der Waals surface area contributed by atoms with E-state index in [0.29, 0.717) is 0 Å². The Labute approximate surface area is 181 Å². The average Bonchev–Trinajstić information content (AvgIpc) is 3.16. The SMILES string of the molecule is COc1ccc(CC2=CC(c3ccc(Cl)cc3)C(c3cc(C)c(=O)n(C)c3)N2)cc1. The second-order valence-electron chi connectivity index (χ2n) is 7.79. The molecule has 30 heavy (non-hydrogen) atoms. The molecular formula is C25H25ClN2O2. The summed E-state index contributed by atoms with van der Waals surface area (Å²) in [5, 5.41) is 4.43. The van der Waals surface area contributed by atoms with E-state index < -0.39 is 0 Å². The van der Waals surface area contributed by atoms with E-state index in [0.717, 1.165) is 34.0 Å². The highest BCUT2D eigenvalue weighted by molar-refractivity contribution is 6.30. The van der Waals surface area contributed by atoms with Crippen LogP contribution in [0.4, 0.5) is 0 Å². The molecule has 4 nitrogen and oxygen atoms in total. The topological polar surface area (TPSA) is 43.3 Å². The maximum absolute atomic E-state index is 12.2. The van der Waals surface area contributed by atoms with Gasteiger partial charge in [-0.15, -0.1) is 0 Å². The van der Waals surface area contributed by atoms with Crippen LogP contribution in [-0.4, -0.2) is 11.7 Å².